The van der Waals surface area contributed by atoms with E-state index in [9.17, 15) is 9.59 Å². The normalized spacial score (nSPS) is 18.8. The third kappa shape index (κ3) is 3.45. The molecule has 0 saturated carbocycles. The summed E-state index contributed by atoms with van der Waals surface area (Å²) in [6.07, 6.45) is 3.46. The molecule has 1 aliphatic heterocycles. The van der Waals surface area contributed by atoms with Gasteiger partial charge in [-0.15, -0.1) is 0 Å². The molecule has 0 radical (unpaired) electrons. The number of carbonyl (C=O) groups excluding carboxylic acids is 2. The molecule has 0 aromatic heterocycles. The SMILES string of the molecule is CCOC(=O)/C=C/c1ccc(N2CC(N)CC2=O)cc1. The number of anilines is 1. The van der Waals surface area contributed by atoms with Gasteiger partial charge in [-0.05, 0) is 30.7 Å². The summed E-state index contributed by atoms with van der Waals surface area (Å²) in [6.45, 7) is 2.68. The van der Waals surface area contributed by atoms with Crippen LogP contribution in [0.3, 0.4) is 0 Å². The lowest BCUT2D eigenvalue weighted by Gasteiger charge is -2.16. The second-order valence-corrected chi connectivity index (χ2v) is 4.65. The highest BCUT2D eigenvalue weighted by atomic mass is 16.5. The van der Waals surface area contributed by atoms with Crippen LogP contribution in [0.1, 0.15) is 18.9 Å². The smallest absolute Gasteiger partial charge is 0.330 e. The molecule has 0 spiro atoms. The highest BCUT2D eigenvalue weighted by Crippen LogP contribution is 2.21. The van der Waals surface area contributed by atoms with Crippen molar-refractivity contribution in [1.29, 1.82) is 0 Å². The van der Waals surface area contributed by atoms with Crippen molar-refractivity contribution in [2.24, 2.45) is 5.73 Å². The molecule has 1 aromatic rings. The minimum atomic E-state index is -0.364. The highest BCUT2D eigenvalue weighted by molar-refractivity contribution is 5.96. The van der Waals surface area contributed by atoms with Crippen LogP contribution in [0.15, 0.2) is 30.3 Å². The van der Waals surface area contributed by atoms with Gasteiger partial charge in [0, 0.05) is 30.8 Å². The molecule has 106 valence electrons. The van der Waals surface area contributed by atoms with Crippen LogP contribution < -0.4 is 10.6 Å². The maximum atomic E-state index is 11.7. The van der Waals surface area contributed by atoms with Gasteiger partial charge in [-0.2, -0.15) is 0 Å². The minimum Gasteiger partial charge on any atom is -0.463 e. The topological polar surface area (TPSA) is 72.6 Å². The standard InChI is InChI=1S/C15H18N2O3/c1-2-20-15(19)8-5-11-3-6-13(7-4-11)17-10-12(16)9-14(17)18/h3-8,12H,2,9-10,16H2,1H3/b8-5+. The van der Waals surface area contributed by atoms with Gasteiger partial charge in [0.2, 0.25) is 5.91 Å². The van der Waals surface area contributed by atoms with Crippen LogP contribution in [0.2, 0.25) is 0 Å². The average Bonchev–Trinajstić information content (AvgIpc) is 2.76. The number of nitrogens with zero attached hydrogens (tertiary/aromatic N) is 1. The van der Waals surface area contributed by atoms with E-state index in [4.69, 9.17) is 10.5 Å². The van der Waals surface area contributed by atoms with Crippen molar-refractivity contribution in [3.63, 3.8) is 0 Å². The number of benzene rings is 1. The zero-order valence-corrected chi connectivity index (χ0v) is 11.4. The Bertz CT molecular complexity index is 522. The van der Waals surface area contributed by atoms with E-state index in [1.54, 1.807) is 17.9 Å². The Morgan fingerprint density at radius 2 is 2.15 bits per heavy atom. The molecular formula is C15H18N2O3. The number of rotatable bonds is 4. The molecule has 5 heteroatoms. The number of carbonyl (C=O) groups is 2. The van der Waals surface area contributed by atoms with Crippen molar-refractivity contribution in [1.82, 2.24) is 0 Å². The van der Waals surface area contributed by atoms with Gasteiger partial charge >= 0.3 is 5.97 Å². The average molecular weight is 274 g/mol. The Kier molecular flexibility index (Phi) is 4.53. The summed E-state index contributed by atoms with van der Waals surface area (Å²) in [5, 5.41) is 0. The molecule has 1 unspecified atom stereocenters. The predicted octanol–water partition coefficient (Wildman–Crippen LogP) is 1.33. The highest BCUT2D eigenvalue weighted by Gasteiger charge is 2.27. The van der Waals surface area contributed by atoms with E-state index in [-0.39, 0.29) is 17.9 Å². The molecule has 1 atom stereocenters. The third-order valence-electron chi connectivity index (χ3n) is 3.06. The molecule has 0 aliphatic carbocycles. The number of ether oxygens (including phenoxy) is 1. The number of nitrogens with two attached hydrogens (primary N) is 1. The number of amides is 1. The van der Waals surface area contributed by atoms with E-state index in [0.29, 0.717) is 19.6 Å². The van der Waals surface area contributed by atoms with Crippen molar-refractivity contribution in [3.8, 4) is 0 Å². The summed E-state index contributed by atoms with van der Waals surface area (Å²) in [6, 6.07) is 7.30. The second-order valence-electron chi connectivity index (χ2n) is 4.65. The van der Waals surface area contributed by atoms with Gasteiger partial charge in [0.05, 0.1) is 6.61 Å². The molecule has 1 fully saturated rings. The molecule has 1 aromatic carbocycles. The fourth-order valence-electron chi connectivity index (χ4n) is 2.10. The molecule has 1 aliphatic rings. The summed E-state index contributed by atoms with van der Waals surface area (Å²) in [5.74, 6) is -0.315. The first-order valence-corrected chi connectivity index (χ1v) is 6.61. The fourth-order valence-corrected chi connectivity index (χ4v) is 2.10. The van der Waals surface area contributed by atoms with Crippen molar-refractivity contribution < 1.29 is 14.3 Å². The predicted molar refractivity (Wildman–Crippen MR) is 77.1 cm³/mol. The van der Waals surface area contributed by atoms with E-state index in [1.165, 1.54) is 6.08 Å². The number of hydrogen-bond acceptors (Lipinski definition) is 4. The first-order chi connectivity index (χ1) is 9.60. The first kappa shape index (κ1) is 14.3. The lowest BCUT2D eigenvalue weighted by Crippen LogP contribution is -2.27. The molecular weight excluding hydrogens is 256 g/mol. The van der Waals surface area contributed by atoms with Gasteiger partial charge in [-0.25, -0.2) is 4.79 Å². The van der Waals surface area contributed by atoms with Crippen molar-refractivity contribution in [2.75, 3.05) is 18.1 Å². The maximum Gasteiger partial charge on any atom is 0.330 e. The van der Waals surface area contributed by atoms with Gasteiger partial charge in [0.15, 0.2) is 0 Å². The molecule has 20 heavy (non-hydrogen) atoms. The second kappa shape index (κ2) is 6.34. The number of esters is 1. The van der Waals surface area contributed by atoms with Crippen LogP contribution in [-0.2, 0) is 14.3 Å². The monoisotopic (exact) mass is 274 g/mol. The van der Waals surface area contributed by atoms with Crippen molar-refractivity contribution in [3.05, 3.63) is 35.9 Å². The molecule has 1 amide bonds. The lowest BCUT2D eigenvalue weighted by atomic mass is 10.2. The third-order valence-corrected chi connectivity index (χ3v) is 3.06. The van der Waals surface area contributed by atoms with Crippen LogP contribution in [0.25, 0.3) is 6.08 Å². The molecule has 1 heterocycles. The Balaban J connectivity index is 2.03. The van der Waals surface area contributed by atoms with Crippen LogP contribution in [0.5, 0.6) is 0 Å². The van der Waals surface area contributed by atoms with E-state index in [1.807, 2.05) is 24.3 Å². The van der Waals surface area contributed by atoms with Crippen LogP contribution >= 0.6 is 0 Å². The Morgan fingerprint density at radius 1 is 1.45 bits per heavy atom. The zero-order chi connectivity index (χ0) is 14.5. The molecule has 2 N–H and O–H groups in total. The van der Waals surface area contributed by atoms with Gasteiger partial charge in [0.1, 0.15) is 0 Å². The molecule has 1 saturated heterocycles. The minimum absolute atomic E-state index is 0.0484. The van der Waals surface area contributed by atoms with Crippen molar-refractivity contribution in [2.45, 2.75) is 19.4 Å². The fraction of sp³-hybridized carbons (Fsp3) is 0.333. The largest absolute Gasteiger partial charge is 0.463 e. The Morgan fingerprint density at radius 3 is 2.70 bits per heavy atom. The zero-order valence-electron chi connectivity index (χ0n) is 11.4. The summed E-state index contributed by atoms with van der Waals surface area (Å²) < 4.78 is 4.80. The lowest BCUT2D eigenvalue weighted by molar-refractivity contribution is -0.137. The van der Waals surface area contributed by atoms with E-state index < -0.39 is 0 Å². The summed E-state index contributed by atoms with van der Waals surface area (Å²) in [5.41, 5.74) is 7.47. The quantitative estimate of drug-likeness (QED) is 0.664. The molecule has 0 bridgehead atoms. The van der Waals surface area contributed by atoms with Gasteiger partial charge in [0.25, 0.3) is 0 Å². The summed E-state index contributed by atoms with van der Waals surface area (Å²) in [4.78, 5) is 24.6. The Labute approximate surface area is 118 Å². The van der Waals surface area contributed by atoms with E-state index >= 15 is 0 Å². The van der Waals surface area contributed by atoms with E-state index in [0.717, 1.165) is 11.3 Å². The summed E-state index contributed by atoms with van der Waals surface area (Å²) >= 11 is 0. The first-order valence-electron chi connectivity index (χ1n) is 6.61. The van der Waals surface area contributed by atoms with Gasteiger partial charge in [-0.3, -0.25) is 4.79 Å². The summed E-state index contributed by atoms with van der Waals surface area (Å²) in [7, 11) is 0. The molecule has 2 rings (SSSR count). The van der Waals surface area contributed by atoms with Gasteiger partial charge in [-0.1, -0.05) is 12.1 Å². The maximum absolute atomic E-state index is 11.7. The Hall–Kier alpha value is -2.14. The van der Waals surface area contributed by atoms with E-state index in [2.05, 4.69) is 0 Å². The van der Waals surface area contributed by atoms with Crippen LogP contribution in [-0.4, -0.2) is 31.1 Å². The van der Waals surface area contributed by atoms with Crippen molar-refractivity contribution >= 4 is 23.6 Å². The molecule has 5 nitrogen and oxygen atoms in total. The van der Waals surface area contributed by atoms with Gasteiger partial charge < -0.3 is 15.4 Å². The van der Waals surface area contributed by atoms with Crippen LogP contribution in [0.4, 0.5) is 5.69 Å². The number of hydrogen-bond donors (Lipinski definition) is 1. The van der Waals surface area contributed by atoms with Crippen LogP contribution in [0, 0.1) is 0 Å².